The maximum absolute atomic E-state index is 12.1. The lowest BCUT2D eigenvalue weighted by atomic mass is 10.1. The van der Waals surface area contributed by atoms with Gasteiger partial charge in [-0.1, -0.05) is 48.5 Å². The van der Waals surface area contributed by atoms with Gasteiger partial charge in [-0.15, -0.1) is 0 Å². The zero-order valence-corrected chi connectivity index (χ0v) is 11.9. The van der Waals surface area contributed by atoms with E-state index in [1.54, 1.807) is 12.1 Å². The highest BCUT2D eigenvalue weighted by Gasteiger charge is 2.33. The summed E-state index contributed by atoms with van der Waals surface area (Å²) in [7, 11) is -3.11. The van der Waals surface area contributed by atoms with Gasteiger partial charge in [0.1, 0.15) is 0 Å². The lowest BCUT2D eigenvalue weighted by Gasteiger charge is -2.12. The summed E-state index contributed by atoms with van der Waals surface area (Å²) < 4.78 is 24.1. The van der Waals surface area contributed by atoms with Crippen LogP contribution in [0.2, 0.25) is 0 Å². The van der Waals surface area contributed by atoms with Crippen LogP contribution >= 0.6 is 0 Å². The molecule has 104 valence electrons. The number of benzene rings is 2. The van der Waals surface area contributed by atoms with E-state index in [0.717, 1.165) is 18.5 Å². The molecule has 2 aromatic carbocycles. The molecule has 4 heteroatoms. The van der Waals surface area contributed by atoms with Crippen molar-refractivity contribution in [3.8, 4) is 0 Å². The van der Waals surface area contributed by atoms with Crippen LogP contribution in [0.1, 0.15) is 17.2 Å². The van der Waals surface area contributed by atoms with Crippen molar-refractivity contribution in [2.75, 3.05) is 12.3 Å². The number of rotatable bonds is 4. The number of fused-ring (bicyclic) bond motifs is 1. The molecule has 0 aliphatic carbocycles. The fraction of sp³-hybridized carbons (Fsp3) is 0.250. The van der Waals surface area contributed by atoms with E-state index in [2.05, 4.69) is 17.4 Å². The molecule has 1 atom stereocenters. The Morgan fingerprint density at radius 1 is 1.00 bits per heavy atom. The Morgan fingerprint density at radius 3 is 2.50 bits per heavy atom. The molecule has 0 fully saturated rings. The van der Waals surface area contributed by atoms with E-state index in [9.17, 15) is 8.42 Å². The minimum Gasteiger partial charge on any atom is -0.309 e. The van der Waals surface area contributed by atoms with Crippen molar-refractivity contribution in [1.82, 2.24) is 5.32 Å². The molecule has 1 heterocycles. The predicted molar refractivity (Wildman–Crippen MR) is 79.4 cm³/mol. The number of sulfone groups is 1. The Labute approximate surface area is 119 Å². The summed E-state index contributed by atoms with van der Waals surface area (Å²) in [5, 5.41) is 3.36. The van der Waals surface area contributed by atoms with Crippen LogP contribution in [-0.4, -0.2) is 20.7 Å². The van der Waals surface area contributed by atoms with E-state index in [4.69, 9.17) is 0 Å². The minimum absolute atomic E-state index is 0.0834. The van der Waals surface area contributed by atoms with E-state index in [0.29, 0.717) is 4.90 Å². The summed E-state index contributed by atoms with van der Waals surface area (Å²) in [6, 6.07) is 17.4. The SMILES string of the molecule is O=S1(=O)CC(NCCc2ccccc2)c2ccccc21. The van der Waals surface area contributed by atoms with E-state index in [1.807, 2.05) is 30.3 Å². The van der Waals surface area contributed by atoms with Crippen LogP contribution in [0.15, 0.2) is 59.5 Å². The van der Waals surface area contributed by atoms with Crippen molar-refractivity contribution in [3.63, 3.8) is 0 Å². The van der Waals surface area contributed by atoms with Gasteiger partial charge in [-0.2, -0.15) is 0 Å². The van der Waals surface area contributed by atoms with Gasteiger partial charge >= 0.3 is 0 Å². The largest absolute Gasteiger partial charge is 0.309 e. The molecule has 0 aromatic heterocycles. The van der Waals surface area contributed by atoms with Gasteiger partial charge in [0.15, 0.2) is 9.84 Å². The second-order valence-corrected chi connectivity index (χ2v) is 7.06. The molecule has 0 radical (unpaired) electrons. The molecule has 1 aliphatic rings. The third-order valence-corrected chi connectivity index (χ3v) is 5.48. The van der Waals surface area contributed by atoms with Crippen LogP contribution in [0, 0.1) is 0 Å². The van der Waals surface area contributed by atoms with Gasteiger partial charge in [0.05, 0.1) is 10.6 Å². The molecule has 0 bridgehead atoms. The summed E-state index contributed by atoms with van der Waals surface area (Å²) in [6.07, 6.45) is 0.902. The topological polar surface area (TPSA) is 46.2 Å². The number of nitrogens with one attached hydrogen (secondary N) is 1. The molecule has 1 N–H and O–H groups in total. The fourth-order valence-electron chi connectivity index (χ4n) is 2.65. The van der Waals surface area contributed by atoms with Crippen molar-refractivity contribution in [3.05, 3.63) is 65.7 Å². The van der Waals surface area contributed by atoms with Gasteiger partial charge < -0.3 is 5.32 Å². The van der Waals surface area contributed by atoms with E-state index in [1.165, 1.54) is 5.56 Å². The van der Waals surface area contributed by atoms with Crippen molar-refractivity contribution in [2.45, 2.75) is 17.4 Å². The van der Waals surface area contributed by atoms with Crippen molar-refractivity contribution in [1.29, 1.82) is 0 Å². The van der Waals surface area contributed by atoms with E-state index in [-0.39, 0.29) is 11.8 Å². The lowest BCUT2D eigenvalue weighted by Crippen LogP contribution is -2.25. The Morgan fingerprint density at radius 2 is 1.70 bits per heavy atom. The maximum atomic E-state index is 12.1. The summed E-state index contributed by atoms with van der Waals surface area (Å²) in [5.41, 5.74) is 2.16. The quantitative estimate of drug-likeness (QED) is 0.939. The van der Waals surface area contributed by atoms with Crippen molar-refractivity contribution >= 4 is 9.84 Å². The van der Waals surface area contributed by atoms with Crippen LogP contribution in [0.5, 0.6) is 0 Å². The lowest BCUT2D eigenvalue weighted by molar-refractivity contribution is 0.568. The average Bonchev–Trinajstić information content (AvgIpc) is 2.72. The zero-order chi connectivity index (χ0) is 14.0. The van der Waals surface area contributed by atoms with E-state index < -0.39 is 9.84 Å². The standard InChI is InChI=1S/C16H17NO2S/c18-20(19)12-15(14-8-4-5-9-16(14)20)17-11-10-13-6-2-1-3-7-13/h1-9,15,17H,10-12H2. The summed E-state index contributed by atoms with van der Waals surface area (Å²) in [4.78, 5) is 0.484. The van der Waals surface area contributed by atoms with Crippen molar-refractivity contribution < 1.29 is 8.42 Å². The van der Waals surface area contributed by atoms with E-state index >= 15 is 0 Å². The van der Waals surface area contributed by atoms with Gasteiger partial charge in [0, 0.05) is 6.04 Å². The highest BCUT2D eigenvalue weighted by Crippen LogP contribution is 2.32. The van der Waals surface area contributed by atoms with Crippen LogP contribution in [0.3, 0.4) is 0 Å². The first kappa shape index (κ1) is 13.3. The van der Waals surface area contributed by atoms with Crippen LogP contribution in [-0.2, 0) is 16.3 Å². The average molecular weight is 287 g/mol. The maximum Gasteiger partial charge on any atom is 0.180 e. The molecular weight excluding hydrogens is 270 g/mol. The second-order valence-electron chi connectivity index (χ2n) is 5.06. The molecule has 3 rings (SSSR count). The summed E-state index contributed by atoms with van der Waals surface area (Å²) >= 11 is 0. The monoisotopic (exact) mass is 287 g/mol. The fourth-order valence-corrected chi connectivity index (χ4v) is 4.43. The van der Waals surface area contributed by atoms with Crippen LogP contribution in [0.25, 0.3) is 0 Å². The van der Waals surface area contributed by atoms with Gasteiger partial charge in [0.2, 0.25) is 0 Å². The molecule has 1 unspecified atom stereocenters. The van der Waals surface area contributed by atoms with Gasteiger partial charge in [-0.25, -0.2) is 8.42 Å². The van der Waals surface area contributed by atoms with Gasteiger partial charge in [0.25, 0.3) is 0 Å². The molecule has 2 aromatic rings. The molecule has 0 amide bonds. The Bertz CT molecular complexity index is 695. The smallest absolute Gasteiger partial charge is 0.180 e. The molecular formula is C16H17NO2S. The highest BCUT2D eigenvalue weighted by atomic mass is 32.2. The van der Waals surface area contributed by atoms with Gasteiger partial charge in [-0.05, 0) is 30.2 Å². The van der Waals surface area contributed by atoms with Gasteiger partial charge in [-0.3, -0.25) is 0 Å². The molecule has 0 spiro atoms. The summed E-state index contributed by atoms with van der Waals surface area (Å²) in [6.45, 7) is 0.776. The third-order valence-electron chi connectivity index (χ3n) is 3.66. The summed E-state index contributed by atoms with van der Waals surface area (Å²) in [5.74, 6) is 0.168. The first-order chi connectivity index (χ1) is 9.67. The first-order valence-corrected chi connectivity index (χ1v) is 8.41. The molecule has 0 saturated heterocycles. The molecule has 0 saturated carbocycles. The highest BCUT2D eigenvalue weighted by molar-refractivity contribution is 7.91. The normalized spacial score (nSPS) is 19.7. The minimum atomic E-state index is -3.11. The Balaban J connectivity index is 1.68. The van der Waals surface area contributed by atoms with Crippen LogP contribution in [0.4, 0.5) is 0 Å². The first-order valence-electron chi connectivity index (χ1n) is 6.76. The number of hydrogen-bond acceptors (Lipinski definition) is 3. The molecule has 1 aliphatic heterocycles. The second kappa shape index (κ2) is 5.38. The molecule has 20 heavy (non-hydrogen) atoms. The Kier molecular flexibility index (Phi) is 3.59. The molecule has 3 nitrogen and oxygen atoms in total. The number of hydrogen-bond donors (Lipinski definition) is 1. The predicted octanol–water partition coefficient (Wildman–Crippen LogP) is 2.35. The third kappa shape index (κ3) is 2.62. The van der Waals surface area contributed by atoms with Crippen molar-refractivity contribution in [2.24, 2.45) is 0 Å². The van der Waals surface area contributed by atoms with Crippen LogP contribution < -0.4 is 5.32 Å². The zero-order valence-electron chi connectivity index (χ0n) is 11.1. The Hall–Kier alpha value is -1.65.